The van der Waals surface area contributed by atoms with Crippen LogP contribution in [0.3, 0.4) is 0 Å². The van der Waals surface area contributed by atoms with Gasteiger partial charge in [0.25, 0.3) is 0 Å². The Kier molecular flexibility index (Phi) is 4.36. The van der Waals surface area contributed by atoms with Crippen LogP contribution in [0.15, 0.2) is 47.5 Å². The number of nitrogens with zero attached hydrogens (tertiary/aromatic N) is 2. The molecule has 0 aliphatic heterocycles. The van der Waals surface area contributed by atoms with E-state index >= 15 is 0 Å². The molecule has 0 spiro atoms. The maximum atomic E-state index is 12.9. The number of alkyl halides is 3. The summed E-state index contributed by atoms with van der Waals surface area (Å²) in [7, 11) is -3.87. The summed E-state index contributed by atoms with van der Waals surface area (Å²) in [5.41, 5.74) is -0.0346. The Morgan fingerprint density at radius 2 is 1.87 bits per heavy atom. The van der Waals surface area contributed by atoms with Crippen molar-refractivity contribution in [1.29, 1.82) is 0 Å². The summed E-state index contributed by atoms with van der Waals surface area (Å²) in [6.45, 7) is 5.35. The van der Waals surface area contributed by atoms with Crippen molar-refractivity contribution >= 4 is 10.0 Å². The molecule has 0 saturated heterocycles. The van der Waals surface area contributed by atoms with Crippen LogP contribution >= 0.6 is 0 Å². The van der Waals surface area contributed by atoms with Gasteiger partial charge in [-0.1, -0.05) is 12.2 Å². The van der Waals surface area contributed by atoms with Gasteiger partial charge in [-0.15, -0.1) is 0 Å². The Bertz CT molecular complexity index is 837. The topological polar surface area (TPSA) is 78.0 Å². The average molecular weight is 345 g/mol. The molecular weight excluding hydrogens is 331 g/mol. The number of sulfonamides is 1. The zero-order valence-corrected chi connectivity index (χ0v) is 12.9. The molecule has 2 rings (SSSR count). The summed E-state index contributed by atoms with van der Waals surface area (Å²) < 4.78 is 62.3. The van der Waals surface area contributed by atoms with Crippen molar-refractivity contribution in [1.82, 2.24) is 9.55 Å². The van der Waals surface area contributed by atoms with Crippen LogP contribution in [-0.2, 0) is 22.6 Å². The van der Waals surface area contributed by atoms with Crippen LogP contribution in [0.1, 0.15) is 18.4 Å². The number of imidazole rings is 1. The molecule has 0 atom stereocenters. The first-order valence-electron chi connectivity index (χ1n) is 6.41. The summed E-state index contributed by atoms with van der Waals surface area (Å²) >= 11 is 0. The van der Waals surface area contributed by atoms with E-state index in [1.165, 1.54) is 28.8 Å². The van der Waals surface area contributed by atoms with Crippen molar-refractivity contribution in [2.45, 2.75) is 24.4 Å². The monoisotopic (exact) mass is 345 g/mol. The molecule has 0 unspecified atom stereocenters. The van der Waals surface area contributed by atoms with Gasteiger partial charge in [0.2, 0.25) is 10.0 Å². The highest BCUT2D eigenvalue weighted by Gasteiger charge is 2.34. The van der Waals surface area contributed by atoms with E-state index in [1.807, 2.05) is 0 Å². The van der Waals surface area contributed by atoms with Gasteiger partial charge in [0, 0.05) is 18.3 Å². The molecule has 0 aliphatic rings. The Hall–Kier alpha value is -2.13. The van der Waals surface area contributed by atoms with E-state index in [1.54, 1.807) is 6.92 Å². The predicted octanol–water partition coefficient (Wildman–Crippen LogP) is 2.66. The number of benzene rings is 1. The van der Waals surface area contributed by atoms with Crippen LogP contribution in [0.2, 0.25) is 0 Å². The molecule has 1 heterocycles. The molecule has 1 aromatic heterocycles. The molecule has 0 radical (unpaired) electrons. The molecule has 2 aromatic rings. The van der Waals surface area contributed by atoms with Crippen molar-refractivity contribution in [3.8, 4) is 5.69 Å². The minimum absolute atomic E-state index is 0.126. The summed E-state index contributed by atoms with van der Waals surface area (Å²) in [6.07, 6.45) is -3.55. The van der Waals surface area contributed by atoms with E-state index in [2.05, 4.69) is 11.6 Å². The first kappa shape index (κ1) is 17.2. The van der Waals surface area contributed by atoms with E-state index in [9.17, 15) is 21.6 Å². The molecule has 124 valence electrons. The summed E-state index contributed by atoms with van der Waals surface area (Å²) in [4.78, 5) is 3.48. The molecule has 0 bridgehead atoms. The van der Waals surface area contributed by atoms with Crippen molar-refractivity contribution in [3.05, 3.63) is 54.1 Å². The third-order valence-electron chi connectivity index (χ3n) is 2.97. The minimum Gasteiger partial charge on any atom is -0.303 e. The fourth-order valence-electron chi connectivity index (χ4n) is 1.97. The first-order chi connectivity index (χ1) is 10.5. The van der Waals surface area contributed by atoms with Gasteiger partial charge < -0.3 is 4.57 Å². The van der Waals surface area contributed by atoms with Gasteiger partial charge >= 0.3 is 6.18 Å². The smallest absolute Gasteiger partial charge is 0.303 e. The number of hydrogen-bond acceptors (Lipinski definition) is 3. The standard InChI is InChI=1S/C14H14F3N3O2S/c1-9(2)7-13-19-12(14(15,16)17)8-20(13)10-3-5-11(6-4-10)23(18,21)22/h3-6,8H,1,7H2,2H3,(H2,18,21,22). The zero-order valence-electron chi connectivity index (χ0n) is 12.1. The molecule has 0 amide bonds. The fourth-order valence-corrected chi connectivity index (χ4v) is 2.49. The molecule has 5 nitrogen and oxygen atoms in total. The van der Waals surface area contributed by atoms with Crippen molar-refractivity contribution in [2.24, 2.45) is 5.14 Å². The van der Waals surface area contributed by atoms with Crippen LogP contribution in [0.5, 0.6) is 0 Å². The van der Waals surface area contributed by atoms with Crippen LogP contribution < -0.4 is 5.14 Å². The van der Waals surface area contributed by atoms with Crippen LogP contribution in [0.4, 0.5) is 13.2 Å². The van der Waals surface area contributed by atoms with Gasteiger partial charge in [-0.2, -0.15) is 13.2 Å². The number of nitrogens with two attached hydrogens (primary N) is 1. The van der Waals surface area contributed by atoms with E-state index in [0.29, 0.717) is 11.3 Å². The zero-order chi connectivity index (χ0) is 17.4. The lowest BCUT2D eigenvalue weighted by Crippen LogP contribution is -2.12. The maximum absolute atomic E-state index is 12.9. The molecule has 1 aromatic carbocycles. The second-order valence-electron chi connectivity index (χ2n) is 5.08. The third-order valence-corrected chi connectivity index (χ3v) is 3.90. The summed E-state index contributed by atoms with van der Waals surface area (Å²) in [6, 6.07) is 5.18. The Labute approximate surface area is 131 Å². The number of aromatic nitrogens is 2. The third kappa shape index (κ3) is 3.99. The fraction of sp³-hybridized carbons (Fsp3) is 0.214. The van der Waals surface area contributed by atoms with E-state index in [-0.39, 0.29) is 17.1 Å². The Morgan fingerprint density at radius 1 is 1.30 bits per heavy atom. The number of allylic oxidation sites excluding steroid dienone is 1. The number of halogens is 3. The van der Waals surface area contributed by atoms with Crippen LogP contribution in [0.25, 0.3) is 5.69 Å². The van der Waals surface area contributed by atoms with Gasteiger partial charge in [-0.25, -0.2) is 18.5 Å². The molecule has 0 saturated carbocycles. The molecule has 2 N–H and O–H groups in total. The molecular formula is C14H14F3N3O2S. The summed E-state index contributed by atoms with van der Waals surface area (Å²) in [5, 5.41) is 5.00. The highest BCUT2D eigenvalue weighted by molar-refractivity contribution is 7.89. The van der Waals surface area contributed by atoms with E-state index in [0.717, 1.165) is 6.20 Å². The molecule has 0 fully saturated rings. The molecule has 23 heavy (non-hydrogen) atoms. The van der Waals surface area contributed by atoms with E-state index in [4.69, 9.17) is 5.14 Å². The van der Waals surface area contributed by atoms with Crippen molar-refractivity contribution in [2.75, 3.05) is 0 Å². The highest BCUT2D eigenvalue weighted by atomic mass is 32.2. The normalized spacial score (nSPS) is 12.4. The quantitative estimate of drug-likeness (QED) is 0.866. The largest absolute Gasteiger partial charge is 0.434 e. The van der Waals surface area contributed by atoms with E-state index < -0.39 is 21.9 Å². The van der Waals surface area contributed by atoms with Gasteiger partial charge in [-0.3, -0.25) is 0 Å². The SMILES string of the molecule is C=C(C)Cc1nc(C(F)(F)F)cn1-c1ccc(S(N)(=O)=O)cc1. The first-order valence-corrected chi connectivity index (χ1v) is 7.96. The maximum Gasteiger partial charge on any atom is 0.434 e. The van der Waals surface area contributed by atoms with Crippen LogP contribution in [-0.4, -0.2) is 18.0 Å². The molecule has 9 heteroatoms. The Balaban J connectivity index is 2.53. The van der Waals surface area contributed by atoms with Gasteiger partial charge in [0.05, 0.1) is 4.90 Å². The number of rotatable bonds is 4. The second kappa shape index (κ2) is 5.82. The molecule has 0 aliphatic carbocycles. The predicted molar refractivity (Wildman–Crippen MR) is 78.5 cm³/mol. The van der Waals surface area contributed by atoms with Gasteiger partial charge in [0.1, 0.15) is 5.82 Å². The summed E-state index contributed by atoms with van der Waals surface area (Å²) in [5.74, 6) is 0.160. The van der Waals surface area contributed by atoms with Gasteiger partial charge in [0.15, 0.2) is 5.69 Å². The highest BCUT2D eigenvalue weighted by Crippen LogP contribution is 2.30. The number of primary sulfonamides is 1. The van der Waals surface area contributed by atoms with Crippen LogP contribution in [0, 0.1) is 0 Å². The lowest BCUT2D eigenvalue weighted by atomic mass is 10.2. The number of hydrogen-bond donors (Lipinski definition) is 1. The minimum atomic E-state index is -4.57. The van der Waals surface area contributed by atoms with Gasteiger partial charge in [-0.05, 0) is 31.2 Å². The average Bonchev–Trinajstić information content (AvgIpc) is 2.81. The van der Waals surface area contributed by atoms with Crippen molar-refractivity contribution < 1.29 is 21.6 Å². The Morgan fingerprint density at radius 3 is 2.30 bits per heavy atom. The lowest BCUT2D eigenvalue weighted by molar-refractivity contribution is -0.141. The lowest BCUT2D eigenvalue weighted by Gasteiger charge is -2.08. The van der Waals surface area contributed by atoms with Crippen molar-refractivity contribution in [3.63, 3.8) is 0 Å². The second-order valence-corrected chi connectivity index (χ2v) is 6.64.